The molecule has 3 rings (SSSR count). The van der Waals surface area contributed by atoms with Gasteiger partial charge in [-0.2, -0.15) is 0 Å². The fraction of sp³-hybridized carbons (Fsp3) is 0.533. The summed E-state index contributed by atoms with van der Waals surface area (Å²) in [5, 5.41) is 0. The van der Waals surface area contributed by atoms with Crippen molar-refractivity contribution >= 4 is 21.4 Å². The molecule has 0 unspecified atom stereocenters. The minimum absolute atomic E-state index is 0.264. The van der Waals surface area contributed by atoms with Crippen molar-refractivity contribution in [1.82, 2.24) is 0 Å². The number of hydrogen-bond acceptors (Lipinski definition) is 4. The summed E-state index contributed by atoms with van der Waals surface area (Å²) in [6, 6.07) is 5.56. The summed E-state index contributed by atoms with van der Waals surface area (Å²) in [6.07, 6.45) is 3.58. The zero-order valence-electron chi connectivity index (χ0n) is 12.3. The van der Waals surface area contributed by atoms with Gasteiger partial charge in [0.1, 0.15) is 5.75 Å². The number of fused-ring (bicyclic) bond motifs is 1. The third-order valence-electron chi connectivity index (χ3n) is 4.69. The van der Waals surface area contributed by atoms with Gasteiger partial charge in [0.05, 0.1) is 7.11 Å². The largest absolute Gasteiger partial charge is 0.497 e. The fourth-order valence-corrected chi connectivity index (χ4v) is 4.66. The van der Waals surface area contributed by atoms with Crippen LogP contribution in [0, 0.1) is 0 Å². The monoisotopic (exact) mass is 309 g/mol. The normalized spacial score (nSPS) is 19.8. The summed E-state index contributed by atoms with van der Waals surface area (Å²) < 4.78 is 28.1. The van der Waals surface area contributed by atoms with E-state index in [4.69, 9.17) is 4.74 Å². The summed E-state index contributed by atoms with van der Waals surface area (Å²) >= 11 is 0. The number of benzene rings is 1. The van der Waals surface area contributed by atoms with Crippen LogP contribution in [0.2, 0.25) is 0 Å². The van der Waals surface area contributed by atoms with Crippen LogP contribution < -0.4 is 9.64 Å². The van der Waals surface area contributed by atoms with Gasteiger partial charge in [0.15, 0.2) is 14.6 Å². The van der Waals surface area contributed by atoms with Crippen molar-refractivity contribution in [2.45, 2.75) is 30.4 Å². The van der Waals surface area contributed by atoms with E-state index in [-0.39, 0.29) is 5.91 Å². The molecule has 0 saturated heterocycles. The maximum atomic E-state index is 12.8. The van der Waals surface area contributed by atoms with Gasteiger partial charge in [-0.05, 0) is 49.4 Å². The molecule has 1 aliphatic heterocycles. The predicted octanol–water partition coefficient (Wildman–Crippen LogP) is 1.55. The van der Waals surface area contributed by atoms with Gasteiger partial charge in [0, 0.05) is 18.5 Å². The molecule has 2 aliphatic rings. The molecular formula is C15H19NO4S. The molecule has 1 aliphatic carbocycles. The first kappa shape index (κ1) is 14.4. The molecule has 21 heavy (non-hydrogen) atoms. The number of ether oxygens (including phenoxy) is 1. The van der Waals surface area contributed by atoms with Crippen molar-refractivity contribution in [1.29, 1.82) is 0 Å². The molecule has 5 nitrogen and oxygen atoms in total. The lowest BCUT2D eigenvalue weighted by molar-refractivity contribution is -0.123. The maximum absolute atomic E-state index is 12.8. The van der Waals surface area contributed by atoms with Crippen molar-refractivity contribution in [3.05, 3.63) is 23.8 Å². The highest BCUT2D eigenvalue weighted by molar-refractivity contribution is 7.93. The van der Waals surface area contributed by atoms with E-state index in [2.05, 4.69) is 0 Å². The van der Waals surface area contributed by atoms with Crippen LogP contribution in [-0.4, -0.2) is 39.0 Å². The van der Waals surface area contributed by atoms with Gasteiger partial charge in [-0.1, -0.05) is 0 Å². The first-order chi connectivity index (χ1) is 9.89. The van der Waals surface area contributed by atoms with E-state index in [1.807, 2.05) is 12.1 Å². The highest BCUT2D eigenvalue weighted by atomic mass is 32.2. The second kappa shape index (κ2) is 4.73. The number of nitrogens with zero attached hydrogens (tertiary/aromatic N) is 1. The van der Waals surface area contributed by atoms with Crippen LogP contribution in [0.25, 0.3) is 0 Å². The van der Waals surface area contributed by atoms with Gasteiger partial charge in [-0.15, -0.1) is 0 Å². The van der Waals surface area contributed by atoms with E-state index in [1.165, 1.54) is 6.26 Å². The third-order valence-corrected chi connectivity index (χ3v) is 6.69. The van der Waals surface area contributed by atoms with Gasteiger partial charge in [-0.3, -0.25) is 4.79 Å². The highest BCUT2D eigenvalue weighted by Crippen LogP contribution is 2.43. The lowest BCUT2D eigenvalue weighted by Gasteiger charge is -2.40. The Bertz CT molecular complexity index is 692. The van der Waals surface area contributed by atoms with Crippen LogP contribution >= 0.6 is 0 Å². The van der Waals surface area contributed by atoms with Gasteiger partial charge in [-0.25, -0.2) is 8.42 Å². The van der Waals surface area contributed by atoms with Crippen molar-refractivity contribution in [3.8, 4) is 5.75 Å². The molecule has 1 aromatic carbocycles. The zero-order chi connectivity index (χ0) is 15.3. The molecule has 1 saturated carbocycles. The summed E-state index contributed by atoms with van der Waals surface area (Å²) in [5.74, 6) is 0.490. The molecule has 114 valence electrons. The third kappa shape index (κ3) is 2.04. The van der Waals surface area contributed by atoms with E-state index < -0.39 is 14.6 Å². The quantitative estimate of drug-likeness (QED) is 0.850. The molecule has 1 heterocycles. The van der Waals surface area contributed by atoms with Gasteiger partial charge in [0.25, 0.3) is 0 Å². The number of rotatable bonds is 3. The minimum atomic E-state index is -3.40. The van der Waals surface area contributed by atoms with Crippen molar-refractivity contribution in [2.75, 3.05) is 24.8 Å². The van der Waals surface area contributed by atoms with Crippen molar-refractivity contribution < 1.29 is 17.9 Å². The molecule has 1 aromatic rings. The molecule has 0 spiro atoms. The Balaban J connectivity index is 1.96. The van der Waals surface area contributed by atoms with Crippen molar-refractivity contribution in [2.24, 2.45) is 0 Å². The molecule has 6 heteroatoms. The van der Waals surface area contributed by atoms with E-state index in [0.717, 1.165) is 29.8 Å². The second-order valence-corrected chi connectivity index (χ2v) is 8.15. The first-order valence-electron chi connectivity index (χ1n) is 7.07. The van der Waals surface area contributed by atoms with Gasteiger partial charge >= 0.3 is 0 Å². The molecule has 1 fully saturated rings. The maximum Gasteiger partial charge on any atom is 0.248 e. The molecule has 0 aromatic heterocycles. The molecule has 0 bridgehead atoms. The number of hydrogen-bond donors (Lipinski definition) is 0. The number of anilines is 1. The lowest BCUT2D eigenvalue weighted by atomic mass is 9.83. The van der Waals surface area contributed by atoms with Crippen molar-refractivity contribution in [3.63, 3.8) is 0 Å². The minimum Gasteiger partial charge on any atom is -0.497 e. The molecule has 0 radical (unpaired) electrons. The Hall–Kier alpha value is -1.56. The molecule has 1 amide bonds. The van der Waals surface area contributed by atoms with E-state index >= 15 is 0 Å². The van der Waals surface area contributed by atoms with Crippen LogP contribution in [0.4, 0.5) is 5.69 Å². The average molecular weight is 309 g/mol. The van der Waals surface area contributed by atoms with E-state index in [9.17, 15) is 13.2 Å². The Morgan fingerprint density at radius 2 is 2.05 bits per heavy atom. The summed E-state index contributed by atoms with van der Waals surface area (Å²) in [7, 11) is -1.79. The number of methoxy groups -OCH3 is 1. The summed E-state index contributed by atoms with van der Waals surface area (Å²) in [6.45, 7) is 0.540. The van der Waals surface area contributed by atoms with Crippen LogP contribution in [0.1, 0.15) is 24.8 Å². The average Bonchev–Trinajstić information content (AvgIpc) is 2.77. The predicted molar refractivity (Wildman–Crippen MR) is 80.5 cm³/mol. The smallest absolute Gasteiger partial charge is 0.248 e. The number of carbonyl (C=O) groups is 1. The van der Waals surface area contributed by atoms with Gasteiger partial charge in [0.2, 0.25) is 5.91 Å². The van der Waals surface area contributed by atoms with Gasteiger partial charge < -0.3 is 9.64 Å². The number of carbonyl (C=O) groups excluding carboxylic acids is 1. The Morgan fingerprint density at radius 3 is 2.57 bits per heavy atom. The standard InChI is InChI=1S/C15H19NO4S/c1-20-12-4-5-13-11(10-12)6-9-16(13)14(17)15(7-3-8-15)21(2,18)19/h4-5,10H,3,6-9H2,1-2H3. The molecule has 0 atom stereocenters. The summed E-state index contributed by atoms with van der Waals surface area (Å²) in [5.41, 5.74) is 1.85. The Kier molecular flexibility index (Phi) is 3.24. The second-order valence-electron chi connectivity index (χ2n) is 5.82. The summed E-state index contributed by atoms with van der Waals surface area (Å²) in [4.78, 5) is 14.5. The zero-order valence-corrected chi connectivity index (χ0v) is 13.1. The number of amides is 1. The topological polar surface area (TPSA) is 63.7 Å². The SMILES string of the molecule is COc1ccc2c(c1)CCN2C(=O)C1(S(C)(=O)=O)CCC1. The highest BCUT2D eigenvalue weighted by Gasteiger charge is 2.55. The Labute approximate surface area is 124 Å². The number of sulfone groups is 1. The van der Waals surface area contributed by atoms with E-state index in [1.54, 1.807) is 18.1 Å². The first-order valence-corrected chi connectivity index (χ1v) is 8.97. The van der Waals surface area contributed by atoms with Crippen LogP contribution in [0.15, 0.2) is 18.2 Å². The lowest BCUT2D eigenvalue weighted by Crippen LogP contribution is -2.57. The van der Waals surface area contributed by atoms with E-state index in [0.29, 0.717) is 19.4 Å². The van der Waals surface area contributed by atoms with Crippen LogP contribution in [0.3, 0.4) is 0 Å². The Morgan fingerprint density at radius 1 is 1.33 bits per heavy atom. The van der Waals surface area contributed by atoms with Crippen LogP contribution in [0.5, 0.6) is 5.75 Å². The molecular weight excluding hydrogens is 290 g/mol. The fourth-order valence-electron chi connectivity index (χ4n) is 3.20. The van der Waals surface area contributed by atoms with Crippen LogP contribution in [-0.2, 0) is 21.1 Å². The molecule has 0 N–H and O–H groups in total.